The highest BCUT2D eigenvalue weighted by Gasteiger charge is 2.20. The van der Waals surface area contributed by atoms with Crippen molar-refractivity contribution in [3.63, 3.8) is 0 Å². The van der Waals surface area contributed by atoms with Gasteiger partial charge in [0.2, 0.25) is 0 Å². The lowest BCUT2D eigenvalue weighted by atomic mass is 9.99. The largest absolute Gasteiger partial charge is 0.497 e. The van der Waals surface area contributed by atoms with Crippen molar-refractivity contribution in [2.45, 2.75) is 6.42 Å². The molecule has 1 heterocycles. The highest BCUT2D eigenvalue weighted by Crippen LogP contribution is 2.26. The average molecular weight is 328 g/mol. The molecular weight excluding hydrogens is 310 g/mol. The number of rotatable bonds is 3. The maximum Gasteiger partial charge on any atom is 0.255 e. The van der Waals surface area contributed by atoms with Gasteiger partial charge in [-0.3, -0.25) is 4.79 Å². The molecule has 0 aromatic heterocycles. The summed E-state index contributed by atoms with van der Waals surface area (Å²) in [5.74, 6) is 0.835. The molecule has 1 amide bonds. The van der Waals surface area contributed by atoms with Crippen LogP contribution in [-0.2, 0) is 0 Å². The lowest BCUT2D eigenvalue weighted by molar-refractivity contribution is 0.0773. The van der Waals surface area contributed by atoms with Gasteiger partial charge in [0.05, 0.1) is 17.7 Å². The summed E-state index contributed by atoms with van der Waals surface area (Å²) in [6.07, 6.45) is 2.95. The maximum absolute atomic E-state index is 12.5. The summed E-state index contributed by atoms with van der Waals surface area (Å²) in [6.45, 7) is 1.30. The number of hydrogen-bond donors (Lipinski definition) is 0. The van der Waals surface area contributed by atoms with E-state index in [1.54, 1.807) is 19.2 Å². The van der Waals surface area contributed by atoms with Crippen LogP contribution >= 0.6 is 11.6 Å². The molecule has 0 saturated carbocycles. The molecule has 1 aliphatic rings. The zero-order valence-electron chi connectivity index (χ0n) is 13.0. The van der Waals surface area contributed by atoms with E-state index < -0.39 is 0 Å². The summed E-state index contributed by atoms with van der Waals surface area (Å²) in [5.41, 5.74) is 3.00. The van der Waals surface area contributed by atoms with Crippen molar-refractivity contribution in [2.75, 3.05) is 20.2 Å². The normalized spacial score (nSPS) is 14.3. The van der Waals surface area contributed by atoms with Gasteiger partial charge in [-0.1, -0.05) is 41.9 Å². The smallest absolute Gasteiger partial charge is 0.255 e. The molecule has 3 rings (SSSR count). The molecule has 0 unspecified atom stereocenters. The molecule has 1 aliphatic heterocycles. The van der Waals surface area contributed by atoms with Crippen LogP contribution in [0, 0.1) is 0 Å². The molecule has 0 saturated heterocycles. The topological polar surface area (TPSA) is 29.5 Å². The lowest BCUT2D eigenvalue weighted by Gasteiger charge is -2.27. The standard InChI is InChI=1S/C19H18ClNO2/c1-23-16-8-6-14(7-9-16)15-10-12-21(13-11-15)19(22)17-4-2-3-5-18(17)20/h2-10H,11-13H2,1H3. The van der Waals surface area contributed by atoms with Crippen LogP contribution in [0.15, 0.2) is 54.6 Å². The Balaban J connectivity index is 1.72. The Morgan fingerprint density at radius 3 is 2.48 bits per heavy atom. The molecule has 2 aromatic carbocycles. The third kappa shape index (κ3) is 3.40. The third-order valence-electron chi connectivity index (χ3n) is 4.06. The Labute approximate surface area is 141 Å². The lowest BCUT2D eigenvalue weighted by Crippen LogP contribution is -2.34. The van der Waals surface area contributed by atoms with Gasteiger partial charge in [0, 0.05) is 13.1 Å². The van der Waals surface area contributed by atoms with E-state index in [0.29, 0.717) is 23.7 Å². The third-order valence-corrected chi connectivity index (χ3v) is 4.39. The zero-order valence-corrected chi connectivity index (χ0v) is 13.7. The maximum atomic E-state index is 12.5. The second kappa shape index (κ2) is 6.88. The van der Waals surface area contributed by atoms with Gasteiger partial charge < -0.3 is 9.64 Å². The van der Waals surface area contributed by atoms with E-state index in [0.717, 1.165) is 12.2 Å². The number of benzene rings is 2. The Morgan fingerprint density at radius 1 is 1.13 bits per heavy atom. The molecule has 0 radical (unpaired) electrons. The number of amides is 1. The van der Waals surface area contributed by atoms with Crippen LogP contribution in [0.4, 0.5) is 0 Å². The van der Waals surface area contributed by atoms with Gasteiger partial charge in [0.1, 0.15) is 5.75 Å². The minimum absolute atomic E-state index is 0.0133. The fraction of sp³-hybridized carbons (Fsp3) is 0.211. The summed E-state index contributed by atoms with van der Waals surface area (Å²) in [4.78, 5) is 14.4. The first-order valence-electron chi connectivity index (χ1n) is 7.56. The molecule has 3 nitrogen and oxygen atoms in total. The van der Waals surface area contributed by atoms with Crippen LogP contribution in [0.1, 0.15) is 22.3 Å². The molecular formula is C19H18ClNO2. The van der Waals surface area contributed by atoms with Gasteiger partial charge in [0.15, 0.2) is 0 Å². The summed E-state index contributed by atoms with van der Waals surface area (Å²) in [6, 6.07) is 15.2. The number of hydrogen-bond acceptors (Lipinski definition) is 2. The number of nitrogens with zero attached hydrogens (tertiary/aromatic N) is 1. The van der Waals surface area contributed by atoms with Crippen molar-refractivity contribution in [1.82, 2.24) is 4.90 Å². The van der Waals surface area contributed by atoms with Crippen LogP contribution in [0.3, 0.4) is 0 Å². The Hall–Kier alpha value is -2.26. The van der Waals surface area contributed by atoms with Crippen molar-refractivity contribution in [1.29, 1.82) is 0 Å². The second-order valence-electron chi connectivity index (χ2n) is 5.44. The van der Waals surface area contributed by atoms with Gasteiger partial charge in [-0.15, -0.1) is 0 Å². The fourth-order valence-corrected chi connectivity index (χ4v) is 2.94. The zero-order chi connectivity index (χ0) is 16.2. The van der Waals surface area contributed by atoms with Crippen molar-refractivity contribution >= 4 is 23.1 Å². The van der Waals surface area contributed by atoms with E-state index in [1.807, 2.05) is 29.2 Å². The highest BCUT2D eigenvalue weighted by atomic mass is 35.5. The molecule has 118 valence electrons. The number of halogens is 1. The second-order valence-corrected chi connectivity index (χ2v) is 5.85. The number of carbonyl (C=O) groups excluding carboxylic acids is 1. The van der Waals surface area contributed by atoms with E-state index in [4.69, 9.17) is 16.3 Å². The molecule has 0 fully saturated rings. The molecule has 0 N–H and O–H groups in total. The van der Waals surface area contributed by atoms with E-state index >= 15 is 0 Å². The van der Waals surface area contributed by atoms with Crippen LogP contribution < -0.4 is 4.74 Å². The first kappa shape index (κ1) is 15.6. The fourth-order valence-electron chi connectivity index (χ4n) is 2.73. The monoisotopic (exact) mass is 327 g/mol. The number of ether oxygens (including phenoxy) is 1. The molecule has 4 heteroatoms. The quantitative estimate of drug-likeness (QED) is 0.842. The van der Waals surface area contributed by atoms with E-state index in [1.165, 1.54) is 11.1 Å². The van der Waals surface area contributed by atoms with Crippen molar-refractivity contribution in [3.8, 4) is 5.75 Å². The molecule has 2 aromatic rings. The molecule has 0 aliphatic carbocycles. The van der Waals surface area contributed by atoms with Crippen LogP contribution in [0.25, 0.3) is 5.57 Å². The Bertz CT molecular complexity index is 737. The summed E-state index contributed by atoms with van der Waals surface area (Å²) < 4.78 is 5.18. The van der Waals surface area contributed by atoms with E-state index in [-0.39, 0.29) is 5.91 Å². The van der Waals surface area contributed by atoms with Gasteiger partial charge in [-0.2, -0.15) is 0 Å². The van der Waals surface area contributed by atoms with Crippen LogP contribution in [-0.4, -0.2) is 31.0 Å². The highest BCUT2D eigenvalue weighted by molar-refractivity contribution is 6.33. The van der Waals surface area contributed by atoms with E-state index in [2.05, 4.69) is 18.2 Å². The minimum atomic E-state index is -0.0133. The van der Waals surface area contributed by atoms with Crippen molar-refractivity contribution in [3.05, 3.63) is 70.8 Å². The summed E-state index contributed by atoms with van der Waals surface area (Å²) >= 11 is 6.12. The van der Waals surface area contributed by atoms with Crippen LogP contribution in [0.2, 0.25) is 5.02 Å². The Morgan fingerprint density at radius 2 is 1.87 bits per heavy atom. The molecule has 23 heavy (non-hydrogen) atoms. The first-order chi connectivity index (χ1) is 11.2. The van der Waals surface area contributed by atoms with E-state index in [9.17, 15) is 4.79 Å². The number of carbonyl (C=O) groups is 1. The SMILES string of the molecule is COc1ccc(C2=CCN(C(=O)c3ccccc3Cl)CC2)cc1. The first-order valence-corrected chi connectivity index (χ1v) is 7.94. The minimum Gasteiger partial charge on any atom is -0.497 e. The van der Waals surface area contributed by atoms with Crippen molar-refractivity contribution < 1.29 is 9.53 Å². The van der Waals surface area contributed by atoms with Gasteiger partial charge in [-0.05, 0) is 41.8 Å². The van der Waals surface area contributed by atoms with Crippen molar-refractivity contribution in [2.24, 2.45) is 0 Å². The molecule has 0 atom stereocenters. The molecule has 0 spiro atoms. The van der Waals surface area contributed by atoms with Gasteiger partial charge in [-0.25, -0.2) is 0 Å². The predicted octanol–water partition coefficient (Wildman–Crippen LogP) is 4.28. The predicted molar refractivity (Wildman–Crippen MR) is 92.9 cm³/mol. The Kier molecular flexibility index (Phi) is 4.68. The summed E-state index contributed by atoms with van der Waals surface area (Å²) in [5, 5.41) is 0.502. The number of methoxy groups -OCH3 is 1. The van der Waals surface area contributed by atoms with Gasteiger partial charge in [0.25, 0.3) is 5.91 Å². The van der Waals surface area contributed by atoms with Crippen LogP contribution in [0.5, 0.6) is 5.75 Å². The molecule has 0 bridgehead atoms. The average Bonchev–Trinajstić information content (AvgIpc) is 2.62. The van der Waals surface area contributed by atoms with Gasteiger partial charge >= 0.3 is 0 Å². The summed E-state index contributed by atoms with van der Waals surface area (Å²) in [7, 11) is 1.66.